The van der Waals surface area contributed by atoms with Gasteiger partial charge in [0.1, 0.15) is 0 Å². The largest absolute Gasteiger partial charge is 0.484 e. The summed E-state index contributed by atoms with van der Waals surface area (Å²) >= 11 is 0. The second-order valence-corrected chi connectivity index (χ2v) is 6.03. The summed E-state index contributed by atoms with van der Waals surface area (Å²) in [6.45, 7) is 6.52. The van der Waals surface area contributed by atoms with Gasteiger partial charge >= 0.3 is 0 Å². The van der Waals surface area contributed by atoms with Crippen molar-refractivity contribution in [3.8, 4) is 0 Å². The minimum absolute atomic E-state index is 0.260. The normalized spacial score (nSPS) is 33.7. The summed E-state index contributed by atoms with van der Waals surface area (Å²) in [6.07, 6.45) is 7.54. The van der Waals surface area contributed by atoms with Crippen molar-refractivity contribution in [2.45, 2.75) is 64.9 Å². The summed E-state index contributed by atoms with van der Waals surface area (Å²) in [6, 6.07) is 0. The van der Waals surface area contributed by atoms with E-state index in [-0.39, 0.29) is 5.41 Å². The highest BCUT2D eigenvalue weighted by molar-refractivity contribution is 5.62. The fraction of sp³-hybridized carbons (Fsp3) is 0.786. The van der Waals surface area contributed by atoms with Gasteiger partial charge in [-0.25, -0.2) is 0 Å². The Morgan fingerprint density at radius 1 is 1.12 bits per heavy atom. The number of carbonyl (C=O) groups excluding carboxylic acids is 1. The third-order valence-electron chi connectivity index (χ3n) is 4.09. The summed E-state index contributed by atoms with van der Waals surface area (Å²) in [5.74, 6) is 1.11. The van der Waals surface area contributed by atoms with Crippen molar-refractivity contribution >= 4 is 6.29 Å². The second kappa shape index (κ2) is 3.90. The molecule has 0 amide bonds. The second-order valence-electron chi connectivity index (χ2n) is 6.03. The maximum Gasteiger partial charge on any atom is 0.163 e. The lowest BCUT2D eigenvalue weighted by atomic mass is 9.76. The summed E-state index contributed by atoms with van der Waals surface area (Å²) < 4.78 is 5.95. The Balaban J connectivity index is 2.31. The molecule has 0 aromatic rings. The van der Waals surface area contributed by atoms with Gasteiger partial charge in [0.2, 0.25) is 0 Å². The smallest absolute Gasteiger partial charge is 0.163 e. The number of carbonyl (C=O) groups is 1. The van der Waals surface area contributed by atoms with Crippen molar-refractivity contribution in [1.82, 2.24) is 0 Å². The van der Waals surface area contributed by atoms with E-state index in [9.17, 15) is 4.79 Å². The lowest BCUT2D eigenvalue weighted by Crippen LogP contribution is -2.35. The zero-order chi connectivity index (χ0) is 11.8. The topological polar surface area (TPSA) is 26.3 Å². The Kier molecular flexibility index (Phi) is 2.85. The van der Waals surface area contributed by atoms with Gasteiger partial charge in [-0.1, -0.05) is 20.3 Å². The zero-order valence-electron chi connectivity index (χ0n) is 10.6. The Morgan fingerprint density at radius 3 is 2.56 bits per heavy atom. The van der Waals surface area contributed by atoms with Crippen LogP contribution in [0, 0.1) is 5.41 Å². The van der Waals surface area contributed by atoms with Gasteiger partial charge in [-0.2, -0.15) is 0 Å². The fourth-order valence-corrected chi connectivity index (χ4v) is 2.91. The standard InChI is InChI=1S/C14H22O2/c1-13(2)8-5-4-6-12-11(13)7-9-14(3,10-15)16-12/h10H,4-9H2,1-3H3. The third kappa shape index (κ3) is 2.02. The molecule has 16 heavy (non-hydrogen) atoms. The van der Waals surface area contributed by atoms with Crippen LogP contribution in [0.2, 0.25) is 0 Å². The predicted molar refractivity (Wildman–Crippen MR) is 64.1 cm³/mol. The third-order valence-corrected chi connectivity index (χ3v) is 4.09. The van der Waals surface area contributed by atoms with Gasteiger partial charge in [0.15, 0.2) is 11.9 Å². The van der Waals surface area contributed by atoms with Crippen molar-refractivity contribution in [2.75, 3.05) is 0 Å². The average molecular weight is 222 g/mol. The molecular weight excluding hydrogens is 200 g/mol. The Labute approximate surface area is 98.1 Å². The molecule has 0 aromatic heterocycles. The molecule has 0 bridgehead atoms. The summed E-state index contributed by atoms with van der Waals surface area (Å²) in [5.41, 5.74) is 1.15. The van der Waals surface area contributed by atoms with Crippen LogP contribution in [-0.4, -0.2) is 11.9 Å². The summed E-state index contributed by atoms with van der Waals surface area (Å²) in [5, 5.41) is 0. The van der Waals surface area contributed by atoms with Gasteiger partial charge in [0.05, 0.1) is 5.76 Å². The van der Waals surface area contributed by atoms with E-state index >= 15 is 0 Å². The number of rotatable bonds is 1. The highest BCUT2D eigenvalue weighted by Gasteiger charge is 2.38. The first-order valence-electron chi connectivity index (χ1n) is 6.35. The first-order valence-corrected chi connectivity index (χ1v) is 6.35. The van der Waals surface area contributed by atoms with Crippen LogP contribution in [0.5, 0.6) is 0 Å². The fourth-order valence-electron chi connectivity index (χ4n) is 2.91. The van der Waals surface area contributed by atoms with Gasteiger partial charge in [0, 0.05) is 6.42 Å². The lowest BCUT2D eigenvalue weighted by Gasteiger charge is -2.38. The molecule has 0 aromatic carbocycles. The molecule has 1 aliphatic carbocycles. The van der Waals surface area contributed by atoms with E-state index in [0.717, 1.165) is 31.3 Å². The van der Waals surface area contributed by atoms with Crippen LogP contribution in [0.25, 0.3) is 0 Å². The van der Waals surface area contributed by atoms with Crippen molar-refractivity contribution in [2.24, 2.45) is 5.41 Å². The maximum atomic E-state index is 11.1. The highest BCUT2D eigenvalue weighted by Crippen LogP contribution is 2.46. The molecule has 2 rings (SSSR count). The van der Waals surface area contributed by atoms with Gasteiger partial charge < -0.3 is 4.74 Å². The van der Waals surface area contributed by atoms with Gasteiger partial charge in [0.25, 0.3) is 0 Å². The Bertz CT molecular complexity index is 328. The van der Waals surface area contributed by atoms with Crippen LogP contribution in [0.1, 0.15) is 59.3 Å². The zero-order valence-corrected chi connectivity index (χ0v) is 10.6. The summed E-state index contributed by atoms with van der Waals surface area (Å²) in [4.78, 5) is 11.1. The van der Waals surface area contributed by atoms with Gasteiger partial charge in [-0.3, -0.25) is 4.79 Å². The minimum Gasteiger partial charge on any atom is -0.484 e. The molecule has 0 fully saturated rings. The van der Waals surface area contributed by atoms with Crippen molar-refractivity contribution in [1.29, 1.82) is 0 Å². The highest BCUT2D eigenvalue weighted by atomic mass is 16.5. The van der Waals surface area contributed by atoms with E-state index < -0.39 is 5.60 Å². The van der Waals surface area contributed by atoms with E-state index in [4.69, 9.17) is 4.74 Å². The van der Waals surface area contributed by atoms with Crippen molar-refractivity contribution < 1.29 is 9.53 Å². The van der Waals surface area contributed by atoms with Crippen molar-refractivity contribution in [3.05, 3.63) is 11.3 Å². The quantitative estimate of drug-likeness (QED) is 0.633. The minimum atomic E-state index is -0.570. The average Bonchev–Trinajstić information content (AvgIpc) is 2.37. The SMILES string of the molecule is CC1(C=O)CCC2=C(CCCCC2(C)C)O1. The van der Waals surface area contributed by atoms with E-state index in [1.54, 1.807) is 0 Å². The molecule has 1 aliphatic heterocycles. The molecule has 0 radical (unpaired) electrons. The molecule has 90 valence electrons. The monoisotopic (exact) mass is 222 g/mol. The molecule has 1 unspecified atom stereocenters. The van der Waals surface area contributed by atoms with E-state index in [1.807, 2.05) is 6.92 Å². The van der Waals surface area contributed by atoms with Crippen LogP contribution < -0.4 is 0 Å². The first kappa shape index (κ1) is 11.7. The number of hydrogen-bond donors (Lipinski definition) is 0. The van der Waals surface area contributed by atoms with Crippen LogP contribution in [-0.2, 0) is 9.53 Å². The maximum absolute atomic E-state index is 11.1. The molecule has 0 N–H and O–H groups in total. The number of hydrogen-bond acceptors (Lipinski definition) is 2. The Morgan fingerprint density at radius 2 is 1.88 bits per heavy atom. The number of ether oxygens (including phenoxy) is 1. The van der Waals surface area contributed by atoms with Crippen molar-refractivity contribution in [3.63, 3.8) is 0 Å². The van der Waals surface area contributed by atoms with Crippen LogP contribution >= 0.6 is 0 Å². The molecule has 0 spiro atoms. The molecule has 0 saturated heterocycles. The van der Waals surface area contributed by atoms with Gasteiger partial charge in [-0.05, 0) is 43.6 Å². The van der Waals surface area contributed by atoms with Crippen LogP contribution in [0.4, 0.5) is 0 Å². The number of allylic oxidation sites excluding steroid dienone is 2. The molecule has 2 heteroatoms. The molecule has 2 aliphatic rings. The molecular formula is C14H22O2. The molecule has 2 nitrogen and oxygen atoms in total. The molecule has 1 atom stereocenters. The lowest BCUT2D eigenvalue weighted by molar-refractivity contribution is -0.127. The van der Waals surface area contributed by atoms with Crippen LogP contribution in [0.3, 0.4) is 0 Å². The number of aldehydes is 1. The summed E-state index contributed by atoms with van der Waals surface area (Å²) in [7, 11) is 0. The van der Waals surface area contributed by atoms with Gasteiger partial charge in [-0.15, -0.1) is 0 Å². The van der Waals surface area contributed by atoms with E-state index in [1.165, 1.54) is 24.8 Å². The van der Waals surface area contributed by atoms with E-state index in [2.05, 4.69) is 13.8 Å². The molecule has 1 heterocycles. The van der Waals surface area contributed by atoms with Crippen LogP contribution in [0.15, 0.2) is 11.3 Å². The van der Waals surface area contributed by atoms with E-state index in [0.29, 0.717) is 0 Å². The Hall–Kier alpha value is -0.790. The first-order chi connectivity index (χ1) is 7.47. The molecule has 0 saturated carbocycles. The predicted octanol–water partition coefficient (Wildman–Crippen LogP) is 3.61.